The molecule has 1 aromatic carbocycles. The molecule has 0 aliphatic carbocycles. The smallest absolute Gasteiger partial charge is 0.287 e. The topological polar surface area (TPSA) is 101 Å². The standard InChI is InChI=1S/C23H22N4O3/c1-13(2)21(17-12-20(28)26-22(25-17)16-6-4-5-9-24-16)27-23(29)19-11-15-10-14(3)7-8-18(15)30-19/h4-13,21H,1-3H3,(H,27,29)(H,25,26,28)/t21-/m0/s1. The van der Waals surface area contributed by atoms with Crippen molar-refractivity contribution in [3.8, 4) is 11.5 Å². The first kappa shape index (κ1) is 19.6. The molecule has 0 aliphatic rings. The number of carbonyl (C=O) groups is 1. The van der Waals surface area contributed by atoms with Gasteiger partial charge < -0.3 is 14.7 Å². The van der Waals surface area contributed by atoms with E-state index >= 15 is 0 Å². The number of nitrogens with one attached hydrogen (secondary N) is 2. The summed E-state index contributed by atoms with van der Waals surface area (Å²) in [6, 6.07) is 13.8. The highest BCUT2D eigenvalue weighted by atomic mass is 16.3. The molecule has 0 bridgehead atoms. The van der Waals surface area contributed by atoms with Crippen LogP contribution in [0.3, 0.4) is 0 Å². The Hall–Kier alpha value is -3.74. The number of amides is 1. The van der Waals surface area contributed by atoms with E-state index in [0.717, 1.165) is 10.9 Å². The van der Waals surface area contributed by atoms with E-state index in [9.17, 15) is 9.59 Å². The number of pyridine rings is 1. The summed E-state index contributed by atoms with van der Waals surface area (Å²) in [4.78, 5) is 36.7. The van der Waals surface area contributed by atoms with E-state index in [2.05, 4.69) is 20.3 Å². The van der Waals surface area contributed by atoms with Crippen molar-refractivity contribution in [1.29, 1.82) is 0 Å². The molecule has 1 amide bonds. The second-order valence-electron chi connectivity index (χ2n) is 7.58. The van der Waals surface area contributed by atoms with E-state index in [0.29, 0.717) is 22.8 Å². The second-order valence-corrected chi connectivity index (χ2v) is 7.58. The van der Waals surface area contributed by atoms with Gasteiger partial charge in [-0.25, -0.2) is 4.98 Å². The zero-order valence-electron chi connectivity index (χ0n) is 17.0. The van der Waals surface area contributed by atoms with Gasteiger partial charge in [0.1, 0.15) is 11.3 Å². The number of carbonyl (C=O) groups excluding carboxylic acids is 1. The fraction of sp³-hybridized carbons (Fsp3) is 0.217. The van der Waals surface area contributed by atoms with Gasteiger partial charge in [-0.3, -0.25) is 14.6 Å². The highest BCUT2D eigenvalue weighted by Gasteiger charge is 2.24. The van der Waals surface area contributed by atoms with E-state index in [1.54, 1.807) is 24.4 Å². The first-order valence-corrected chi connectivity index (χ1v) is 9.74. The maximum atomic E-state index is 12.9. The lowest BCUT2D eigenvalue weighted by Gasteiger charge is -2.21. The Balaban J connectivity index is 1.66. The molecule has 0 saturated carbocycles. The maximum Gasteiger partial charge on any atom is 0.287 e. The molecule has 2 N–H and O–H groups in total. The van der Waals surface area contributed by atoms with Gasteiger partial charge in [0.05, 0.1) is 11.7 Å². The fourth-order valence-corrected chi connectivity index (χ4v) is 3.33. The predicted molar refractivity (Wildman–Crippen MR) is 114 cm³/mol. The lowest BCUT2D eigenvalue weighted by molar-refractivity contribution is 0.0898. The predicted octanol–water partition coefficient (Wildman–Crippen LogP) is 4.01. The number of furan rings is 1. The highest BCUT2D eigenvalue weighted by molar-refractivity contribution is 5.96. The Labute approximate surface area is 173 Å². The normalized spacial score (nSPS) is 12.3. The van der Waals surface area contributed by atoms with Crippen molar-refractivity contribution >= 4 is 16.9 Å². The van der Waals surface area contributed by atoms with Crippen molar-refractivity contribution in [1.82, 2.24) is 20.3 Å². The SMILES string of the molecule is Cc1ccc2oc(C(=O)N[C@H](c3cc(=O)[nH]c(-c4ccccn4)n3)C(C)C)cc2c1. The molecule has 0 saturated heterocycles. The van der Waals surface area contributed by atoms with Gasteiger partial charge in [0.15, 0.2) is 11.6 Å². The molecule has 3 heterocycles. The molecule has 152 valence electrons. The van der Waals surface area contributed by atoms with E-state index < -0.39 is 6.04 Å². The van der Waals surface area contributed by atoms with Gasteiger partial charge in [-0.15, -0.1) is 0 Å². The summed E-state index contributed by atoms with van der Waals surface area (Å²) in [5, 5.41) is 3.83. The summed E-state index contributed by atoms with van der Waals surface area (Å²) >= 11 is 0. The van der Waals surface area contributed by atoms with Gasteiger partial charge in [0.2, 0.25) is 0 Å². The minimum absolute atomic E-state index is 0.00791. The minimum atomic E-state index is -0.475. The average Bonchev–Trinajstić information content (AvgIpc) is 3.15. The first-order chi connectivity index (χ1) is 14.4. The quantitative estimate of drug-likeness (QED) is 0.525. The summed E-state index contributed by atoms with van der Waals surface area (Å²) < 4.78 is 5.71. The molecule has 30 heavy (non-hydrogen) atoms. The Bertz CT molecular complexity index is 1260. The van der Waals surface area contributed by atoms with Crippen molar-refractivity contribution in [2.24, 2.45) is 5.92 Å². The maximum absolute atomic E-state index is 12.9. The van der Waals surface area contributed by atoms with Crippen molar-refractivity contribution in [2.75, 3.05) is 0 Å². The van der Waals surface area contributed by atoms with Crippen LogP contribution in [-0.2, 0) is 0 Å². The fourth-order valence-electron chi connectivity index (χ4n) is 3.33. The molecular weight excluding hydrogens is 380 g/mol. The Morgan fingerprint density at radius 3 is 2.70 bits per heavy atom. The molecule has 3 aromatic heterocycles. The van der Waals surface area contributed by atoms with Crippen molar-refractivity contribution in [2.45, 2.75) is 26.8 Å². The molecule has 7 nitrogen and oxygen atoms in total. The molecule has 1 atom stereocenters. The number of fused-ring (bicyclic) bond motifs is 1. The summed E-state index contributed by atoms with van der Waals surface area (Å²) in [6.07, 6.45) is 1.63. The average molecular weight is 402 g/mol. The number of benzene rings is 1. The van der Waals surface area contributed by atoms with E-state index in [1.165, 1.54) is 6.07 Å². The third kappa shape index (κ3) is 4.00. The second kappa shape index (κ2) is 7.94. The van der Waals surface area contributed by atoms with E-state index in [-0.39, 0.29) is 23.1 Å². The van der Waals surface area contributed by atoms with Crippen LogP contribution in [0.5, 0.6) is 0 Å². The first-order valence-electron chi connectivity index (χ1n) is 9.74. The van der Waals surface area contributed by atoms with Gasteiger partial charge in [-0.05, 0) is 43.2 Å². The molecular formula is C23H22N4O3. The Morgan fingerprint density at radius 1 is 1.13 bits per heavy atom. The van der Waals surface area contributed by atoms with Crippen LogP contribution in [0.2, 0.25) is 0 Å². The third-order valence-electron chi connectivity index (χ3n) is 4.84. The minimum Gasteiger partial charge on any atom is -0.451 e. The summed E-state index contributed by atoms with van der Waals surface area (Å²) in [5.41, 5.74) is 2.45. The number of hydrogen-bond donors (Lipinski definition) is 2. The molecule has 0 fully saturated rings. The molecule has 0 unspecified atom stereocenters. The van der Waals surface area contributed by atoms with Gasteiger partial charge >= 0.3 is 0 Å². The molecule has 0 radical (unpaired) electrons. The lowest BCUT2D eigenvalue weighted by atomic mass is 10.0. The number of aromatic amines is 1. The molecule has 0 spiro atoms. The van der Waals surface area contributed by atoms with Crippen LogP contribution in [-0.4, -0.2) is 20.9 Å². The highest BCUT2D eigenvalue weighted by Crippen LogP contribution is 2.24. The van der Waals surface area contributed by atoms with Crippen molar-refractivity contribution in [3.05, 3.63) is 82.1 Å². The van der Waals surface area contributed by atoms with Crippen molar-refractivity contribution < 1.29 is 9.21 Å². The monoisotopic (exact) mass is 402 g/mol. The van der Waals surface area contributed by atoms with Crippen LogP contribution in [0, 0.1) is 12.8 Å². The van der Waals surface area contributed by atoms with Crippen LogP contribution in [0.15, 0.2) is 63.9 Å². The lowest BCUT2D eigenvalue weighted by Crippen LogP contribution is -2.33. The zero-order valence-corrected chi connectivity index (χ0v) is 17.0. The zero-order chi connectivity index (χ0) is 21.3. The van der Waals surface area contributed by atoms with E-state index in [1.807, 2.05) is 45.0 Å². The summed E-state index contributed by atoms with van der Waals surface area (Å²) in [6.45, 7) is 5.89. The summed E-state index contributed by atoms with van der Waals surface area (Å²) in [5.74, 6) is 0.212. The van der Waals surface area contributed by atoms with Crippen LogP contribution < -0.4 is 10.9 Å². The van der Waals surface area contributed by atoms with Crippen molar-refractivity contribution in [3.63, 3.8) is 0 Å². The third-order valence-corrected chi connectivity index (χ3v) is 4.84. The van der Waals surface area contributed by atoms with E-state index in [4.69, 9.17) is 4.42 Å². The Kier molecular flexibility index (Phi) is 5.18. The number of H-pyrrole nitrogens is 1. The Morgan fingerprint density at radius 2 is 1.97 bits per heavy atom. The van der Waals surface area contributed by atoms with Gasteiger partial charge in [0, 0.05) is 17.6 Å². The summed E-state index contributed by atoms with van der Waals surface area (Å²) in [7, 11) is 0. The number of aryl methyl sites for hydroxylation is 1. The molecule has 4 aromatic rings. The number of hydrogen-bond acceptors (Lipinski definition) is 5. The van der Waals surface area contributed by atoms with Gasteiger partial charge in [0.25, 0.3) is 11.5 Å². The molecule has 7 heteroatoms. The molecule has 4 rings (SSSR count). The van der Waals surface area contributed by atoms with Crippen LogP contribution in [0.4, 0.5) is 0 Å². The number of nitrogens with zero attached hydrogens (tertiary/aromatic N) is 2. The largest absolute Gasteiger partial charge is 0.451 e. The van der Waals surface area contributed by atoms with Crippen LogP contribution in [0.1, 0.15) is 41.7 Å². The number of aromatic nitrogens is 3. The van der Waals surface area contributed by atoms with Gasteiger partial charge in [-0.1, -0.05) is 31.5 Å². The van der Waals surface area contributed by atoms with Crippen LogP contribution in [0.25, 0.3) is 22.5 Å². The molecule has 0 aliphatic heterocycles. The number of rotatable bonds is 5. The van der Waals surface area contributed by atoms with Gasteiger partial charge in [-0.2, -0.15) is 0 Å². The van der Waals surface area contributed by atoms with Crippen LogP contribution >= 0.6 is 0 Å².